The van der Waals surface area contributed by atoms with Crippen LogP contribution in [-0.4, -0.2) is 4.52 Å². The first-order valence-electron chi connectivity index (χ1n) is 3.51. The summed E-state index contributed by atoms with van der Waals surface area (Å²) in [5, 5.41) is 2.17. The Morgan fingerprint density at radius 1 is 1.42 bits per heavy atom. The van der Waals surface area contributed by atoms with E-state index in [-0.39, 0.29) is 6.15 Å². The highest BCUT2D eigenvalue weighted by atomic mass is 35.5. The second-order valence-corrected chi connectivity index (χ2v) is 3.67. The van der Waals surface area contributed by atoms with Gasteiger partial charge >= 0.3 is 0 Å². The first-order chi connectivity index (χ1) is 5.12. The third-order valence-corrected chi connectivity index (χ3v) is 1.76. The highest BCUT2D eigenvalue weighted by molar-refractivity contribution is 6.47. The van der Waals surface area contributed by atoms with Crippen molar-refractivity contribution >= 4 is 23.2 Å². The fourth-order valence-electron chi connectivity index (χ4n) is 0.681. The van der Waals surface area contributed by atoms with E-state index < -0.39 is 4.52 Å². The fourth-order valence-corrected chi connectivity index (χ4v) is 1.00. The lowest BCUT2D eigenvalue weighted by atomic mass is 10.2. The van der Waals surface area contributed by atoms with Gasteiger partial charge in [-0.25, -0.2) is 0 Å². The van der Waals surface area contributed by atoms with E-state index in [1.54, 1.807) is 0 Å². The molecule has 3 N–H and O–H groups in total. The van der Waals surface area contributed by atoms with Crippen LogP contribution >= 0.6 is 23.2 Å². The Hall–Kier alpha value is -0.0600. The van der Waals surface area contributed by atoms with Gasteiger partial charge in [0.1, 0.15) is 0 Å². The van der Waals surface area contributed by atoms with Crippen molar-refractivity contribution in [1.29, 1.82) is 0 Å². The maximum Gasteiger partial charge on any atom is 0.287 e. The minimum atomic E-state index is -1.43. The van der Waals surface area contributed by atoms with Crippen molar-refractivity contribution in [2.24, 2.45) is 5.34 Å². The second kappa shape index (κ2) is 7.58. The van der Waals surface area contributed by atoms with Gasteiger partial charge in [0.2, 0.25) is 0 Å². The molecule has 6 heteroatoms. The molecule has 0 atom stereocenters. The van der Waals surface area contributed by atoms with Crippen LogP contribution in [0.15, 0.2) is 5.34 Å². The van der Waals surface area contributed by atoms with E-state index in [2.05, 4.69) is 17.1 Å². The minimum Gasteiger partial charge on any atom is -0.344 e. The molecule has 0 saturated heterocycles. The molecule has 0 aliphatic carbocycles. The number of unbranched alkanes of at least 4 members (excludes halogenated alkanes) is 2. The van der Waals surface area contributed by atoms with Gasteiger partial charge in [-0.2, -0.15) is 0 Å². The third kappa shape index (κ3) is 8.04. The van der Waals surface area contributed by atoms with Gasteiger partial charge in [-0.05, 0) is 6.42 Å². The van der Waals surface area contributed by atoms with Gasteiger partial charge in [0.05, 0.1) is 0 Å². The molecule has 0 aliphatic heterocycles. The van der Waals surface area contributed by atoms with Gasteiger partial charge in [-0.3, -0.25) is 0 Å². The number of rotatable bonds is 6. The van der Waals surface area contributed by atoms with Crippen molar-refractivity contribution in [2.75, 3.05) is 0 Å². The number of nitrogens with zero attached hydrogens (tertiary/aromatic N) is 1. The topological polar surface area (TPSA) is 73.7 Å². The molecule has 0 heterocycles. The SMILES string of the molecule is CCCCCC(Cl)(Cl)ON=O.N. The quantitative estimate of drug-likeness (QED) is 0.320. The zero-order chi connectivity index (χ0) is 8.74. The fraction of sp³-hybridized carbons (Fsp3) is 1.00. The van der Waals surface area contributed by atoms with Crippen LogP contribution in [0.5, 0.6) is 0 Å². The molecular weight excluding hydrogens is 203 g/mol. The largest absolute Gasteiger partial charge is 0.344 e. The minimum absolute atomic E-state index is 0. The monoisotopic (exact) mass is 216 g/mol. The first-order valence-corrected chi connectivity index (χ1v) is 4.26. The molecule has 0 spiro atoms. The molecule has 0 aromatic carbocycles. The smallest absolute Gasteiger partial charge is 0.287 e. The van der Waals surface area contributed by atoms with Crippen LogP contribution in [0.4, 0.5) is 0 Å². The normalized spacial score (nSPS) is 10.2. The Labute approximate surface area is 82.1 Å². The van der Waals surface area contributed by atoms with E-state index >= 15 is 0 Å². The van der Waals surface area contributed by atoms with Crippen molar-refractivity contribution in [2.45, 2.75) is 37.1 Å². The summed E-state index contributed by atoms with van der Waals surface area (Å²) in [5.41, 5.74) is 0. The summed E-state index contributed by atoms with van der Waals surface area (Å²) in [6.07, 6.45) is 3.34. The molecule has 0 aliphatic rings. The van der Waals surface area contributed by atoms with Crippen LogP contribution in [0, 0.1) is 4.91 Å². The summed E-state index contributed by atoms with van der Waals surface area (Å²) in [7, 11) is 0. The predicted octanol–water partition coefficient (Wildman–Crippen LogP) is 3.56. The Kier molecular flexibility index (Phi) is 9.14. The van der Waals surface area contributed by atoms with E-state index in [1.807, 2.05) is 0 Å². The predicted molar refractivity (Wildman–Crippen MR) is 50.5 cm³/mol. The lowest BCUT2D eigenvalue weighted by Gasteiger charge is -2.13. The standard InChI is InChI=1S/C6H11Cl2NO2.H3N/c1-2-3-4-5-6(7,8)11-9-10;/h2-5H2,1H3;1H3. The molecular formula is C6H14Cl2N2O2. The number of hydrogen-bond acceptors (Lipinski definition) is 4. The average Bonchev–Trinajstić information content (AvgIpc) is 1.87. The number of hydrogen-bond donors (Lipinski definition) is 1. The molecule has 0 rings (SSSR count). The number of halogens is 2. The highest BCUT2D eigenvalue weighted by Crippen LogP contribution is 2.29. The van der Waals surface area contributed by atoms with Crippen molar-refractivity contribution in [3.63, 3.8) is 0 Å². The van der Waals surface area contributed by atoms with E-state index in [9.17, 15) is 4.91 Å². The van der Waals surface area contributed by atoms with Crippen LogP contribution in [0.3, 0.4) is 0 Å². The van der Waals surface area contributed by atoms with Gasteiger partial charge in [0.15, 0.2) is 5.34 Å². The van der Waals surface area contributed by atoms with Gasteiger partial charge < -0.3 is 11.0 Å². The van der Waals surface area contributed by atoms with Crippen molar-refractivity contribution in [3.8, 4) is 0 Å². The van der Waals surface area contributed by atoms with Crippen molar-refractivity contribution in [3.05, 3.63) is 4.91 Å². The Balaban J connectivity index is 0. The lowest BCUT2D eigenvalue weighted by molar-refractivity contribution is 0.0730. The Morgan fingerprint density at radius 3 is 2.42 bits per heavy atom. The number of alkyl halides is 2. The lowest BCUT2D eigenvalue weighted by Crippen LogP contribution is -2.13. The molecule has 74 valence electrons. The highest BCUT2D eigenvalue weighted by Gasteiger charge is 2.25. The molecule has 0 fully saturated rings. The molecule has 0 unspecified atom stereocenters. The Bertz CT molecular complexity index is 122. The summed E-state index contributed by atoms with van der Waals surface area (Å²) >= 11 is 11.0. The summed E-state index contributed by atoms with van der Waals surface area (Å²) in [6, 6.07) is 0. The van der Waals surface area contributed by atoms with E-state index in [1.165, 1.54) is 0 Å². The maximum absolute atomic E-state index is 9.61. The first kappa shape index (κ1) is 14.5. The molecule has 0 radical (unpaired) electrons. The van der Waals surface area contributed by atoms with Gasteiger partial charge in [-0.15, -0.1) is 4.91 Å². The summed E-state index contributed by atoms with van der Waals surface area (Å²) < 4.78 is -1.43. The molecule has 12 heavy (non-hydrogen) atoms. The summed E-state index contributed by atoms with van der Waals surface area (Å²) in [6.45, 7) is 2.06. The molecule has 0 amide bonds. The van der Waals surface area contributed by atoms with Crippen molar-refractivity contribution < 1.29 is 4.84 Å². The average molecular weight is 217 g/mol. The van der Waals surface area contributed by atoms with Gasteiger partial charge in [0.25, 0.3) is 4.52 Å². The van der Waals surface area contributed by atoms with Crippen LogP contribution < -0.4 is 6.15 Å². The van der Waals surface area contributed by atoms with E-state index in [0.29, 0.717) is 6.42 Å². The third-order valence-electron chi connectivity index (χ3n) is 1.24. The molecule has 0 aromatic rings. The van der Waals surface area contributed by atoms with Crippen LogP contribution in [0.1, 0.15) is 32.6 Å². The molecule has 0 aromatic heterocycles. The molecule has 0 saturated carbocycles. The maximum atomic E-state index is 9.61. The van der Waals surface area contributed by atoms with Crippen molar-refractivity contribution in [1.82, 2.24) is 6.15 Å². The van der Waals surface area contributed by atoms with E-state index in [0.717, 1.165) is 19.3 Å². The Morgan fingerprint density at radius 2 is 2.00 bits per heavy atom. The summed E-state index contributed by atoms with van der Waals surface area (Å²) in [4.78, 5) is 13.8. The summed E-state index contributed by atoms with van der Waals surface area (Å²) in [5.74, 6) is 0. The van der Waals surface area contributed by atoms with Gasteiger partial charge in [0, 0.05) is 6.42 Å². The zero-order valence-electron chi connectivity index (χ0n) is 7.06. The van der Waals surface area contributed by atoms with Crippen LogP contribution in [-0.2, 0) is 4.84 Å². The van der Waals surface area contributed by atoms with Crippen LogP contribution in [0.2, 0.25) is 0 Å². The molecule has 4 nitrogen and oxygen atoms in total. The van der Waals surface area contributed by atoms with E-state index in [4.69, 9.17) is 23.2 Å². The zero-order valence-corrected chi connectivity index (χ0v) is 8.57. The molecule has 0 bridgehead atoms. The van der Waals surface area contributed by atoms with Crippen LogP contribution in [0.25, 0.3) is 0 Å². The van der Waals surface area contributed by atoms with Gasteiger partial charge in [-0.1, -0.05) is 43.0 Å². The second-order valence-electron chi connectivity index (χ2n) is 2.26.